The zero-order valence-electron chi connectivity index (χ0n) is 13.4. The molecule has 0 radical (unpaired) electrons. The minimum absolute atomic E-state index is 0.257. The van der Waals surface area contributed by atoms with Gasteiger partial charge in [0, 0.05) is 30.9 Å². The van der Waals surface area contributed by atoms with Crippen molar-refractivity contribution in [1.82, 2.24) is 15.1 Å². The summed E-state index contributed by atoms with van der Waals surface area (Å²) in [6.07, 6.45) is 8.14. The zero-order chi connectivity index (χ0) is 15.6. The summed E-state index contributed by atoms with van der Waals surface area (Å²) in [4.78, 5) is 14.7. The Morgan fingerprint density at radius 3 is 3.00 bits per heavy atom. The standard InChI is InChI=1S/C19H23N3O/c23-19(12-14-6-7-15-3-1-4-16(15)11-14)22-10-2-5-17(13-22)18-8-9-20-21-18/h6-9,11,17H,1-5,10,12-13H2,(H,20,21). The fourth-order valence-corrected chi connectivity index (χ4v) is 3.97. The second-order valence-corrected chi connectivity index (χ2v) is 6.82. The summed E-state index contributed by atoms with van der Waals surface area (Å²) in [5.74, 6) is 0.655. The lowest BCUT2D eigenvalue weighted by molar-refractivity contribution is -0.131. The van der Waals surface area contributed by atoms with Gasteiger partial charge in [-0.15, -0.1) is 0 Å². The summed E-state index contributed by atoms with van der Waals surface area (Å²) in [6.45, 7) is 1.69. The van der Waals surface area contributed by atoms with E-state index in [0.717, 1.165) is 31.6 Å². The molecule has 1 atom stereocenters. The van der Waals surface area contributed by atoms with Gasteiger partial charge in [0.05, 0.1) is 6.42 Å². The van der Waals surface area contributed by atoms with Gasteiger partial charge in [-0.05, 0) is 54.9 Å². The molecule has 0 spiro atoms. The molecule has 120 valence electrons. The summed E-state index contributed by atoms with van der Waals surface area (Å²) in [7, 11) is 0. The second-order valence-electron chi connectivity index (χ2n) is 6.82. The Morgan fingerprint density at radius 2 is 2.13 bits per heavy atom. The summed E-state index contributed by atoms with van der Waals surface area (Å²) in [5, 5.41) is 7.10. The number of amides is 1. The van der Waals surface area contributed by atoms with E-state index in [2.05, 4.69) is 28.4 Å². The third-order valence-electron chi connectivity index (χ3n) is 5.25. The van der Waals surface area contributed by atoms with Crippen molar-refractivity contribution in [3.63, 3.8) is 0 Å². The highest BCUT2D eigenvalue weighted by Gasteiger charge is 2.25. The van der Waals surface area contributed by atoms with Gasteiger partial charge in [0.15, 0.2) is 0 Å². The van der Waals surface area contributed by atoms with E-state index in [1.807, 2.05) is 11.0 Å². The molecule has 1 unspecified atom stereocenters. The van der Waals surface area contributed by atoms with Crippen LogP contribution in [0.2, 0.25) is 0 Å². The molecule has 1 aliphatic carbocycles. The van der Waals surface area contributed by atoms with Gasteiger partial charge < -0.3 is 4.90 Å². The van der Waals surface area contributed by atoms with Gasteiger partial charge in [0.2, 0.25) is 5.91 Å². The van der Waals surface area contributed by atoms with Crippen LogP contribution in [0.25, 0.3) is 0 Å². The number of carbonyl (C=O) groups is 1. The molecular weight excluding hydrogens is 286 g/mol. The van der Waals surface area contributed by atoms with E-state index < -0.39 is 0 Å². The highest BCUT2D eigenvalue weighted by Crippen LogP contribution is 2.26. The lowest BCUT2D eigenvalue weighted by Gasteiger charge is -2.32. The van der Waals surface area contributed by atoms with Crippen molar-refractivity contribution in [2.24, 2.45) is 0 Å². The molecule has 1 aliphatic heterocycles. The van der Waals surface area contributed by atoms with Crippen molar-refractivity contribution in [3.05, 3.63) is 52.8 Å². The molecule has 0 bridgehead atoms. The van der Waals surface area contributed by atoms with Crippen LogP contribution < -0.4 is 0 Å². The zero-order valence-corrected chi connectivity index (χ0v) is 13.4. The highest BCUT2D eigenvalue weighted by molar-refractivity contribution is 5.79. The molecule has 1 saturated heterocycles. The Bertz CT molecular complexity index is 693. The van der Waals surface area contributed by atoms with E-state index in [4.69, 9.17) is 0 Å². The number of hydrogen-bond donors (Lipinski definition) is 1. The van der Waals surface area contributed by atoms with Crippen molar-refractivity contribution in [3.8, 4) is 0 Å². The molecule has 1 aromatic carbocycles. The number of likely N-dealkylation sites (tertiary alicyclic amines) is 1. The van der Waals surface area contributed by atoms with Crippen LogP contribution in [0.1, 0.15) is 47.6 Å². The summed E-state index contributed by atoms with van der Waals surface area (Å²) < 4.78 is 0. The van der Waals surface area contributed by atoms with E-state index in [-0.39, 0.29) is 5.91 Å². The molecule has 4 heteroatoms. The highest BCUT2D eigenvalue weighted by atomic mass is 16.2. The smallest absolute Gasteiger partial charge is 0.227 e. The van der Waals surface area contributed by atoms with Crippen molar-refractivity contribution < 1.29 is 4.79 Å². The summed E-state index contributed by atoms with van der Waals surface area (Å²) >= 11 is 0. The van der Waals surface area contributed by atoms with Crippen LogP contribution in [-0.2, 0) is 24.1 Å². The van der Waals surface area contributed by atoms with Crippen LogP contribution in [-0.4, -0.2) is 34.1 Å². The number of H-pyrrole nitrogens is 1. The van der Waals surface area contributed by atoms with E-state index in [1.165, 1.54) is 36.0 Å². The molecule has 2 aromatic rings. The second kappa shape index (κ2) is 6.19. The molecule has 1 amide bonds. The minimum Gasteiger partial charge on any atom is -0.342 e. The number of benzene rings is 1. The number of nitrogens with zero attached hydrogens (tertiary/aromatic N) is 2. The first-order valence-electron chi connectivity index (χ1n) is 8.67. The minimum atomic E-state index is 0.257. The Balaban J connectivity index is 1.42. The topological polar surface area (TPSA) is 49.0 Å². The fourth-order valence-electron chi connectivity index (χ4n) is 3.97. The SMILES string of the molecule is O=C(Cc1ccc2c(c1)CCC2)N1CCCC(c2ccn[nH]2)C1. The Kier molecular flexibility index (Phi) is 3.90. The molecule has 0 saturated carbocycles. The molecular formula is C19H23N3O. The molecule has 2 heterocycles. The maximum atomic E-state index is 12.7. The lowest BCUT2D eigenvalue weighted by Crippen LogP contribution is -2.40. The monoisotopic (exact) mass is 309 g/mol. The van der Waals surface area contributed by atoms with E-state index >= 15 is 0 Å². The average molecular weight is 309 g/mol. The molecule has 1 N–H and O–H groups in total. The number of piperidine rings is 1. The third-order valence-corrected chi connectivity index (χ3v) is 5.25. The van der Waals surface area contributed by atoms with Crippen LogP contribution in [0.5, 0.6) is 0 Å². The Labute approximate surface area is 136 Å². The number of aromatic nitrogens is 2. The number of carbonyl (C=O) groups excluding carboxylic acids is 1. The number of rotatable bonds is 3. The molecule has 23 heavy (non-hydrogen) atoms. The fraction of sp³-hybridized carbons (Fsp3) is 0.474. The van der Waals surface area contributed by atoms with Crippen LogP contribution in [0, 0.1) is 0 Å². The van der Waals surface area contributed by atoms with Gasteiger partial charge in [-0.2, -0.15) is 5.10 Å². The maximum Gasteiger partial charge on any atom is 0.227 e. The average Bonchev–Trinajstić information content (AvgIpc) is 3.26. The van der Waals surface area contributed by atoms with Crippen molar-refractivity contribution in [2.45, 2.75) is 44.4 Å². The number of hydrogen-bond acceptors (Lipinski definition) is 2. The number of aromatic amines is 1. The number of nitrogens with one attached hydrogen (secondary N) is 1. The number of fused-ring (bicyclic) bond motifs is 1. The van der Waals surface area contributed by atoms with Crippen molar-refractivity contribution >= 4 is 5.91 Å². The van der Waals surface area contributed by atoms with Crippen molar-refractivity contribution in [2.75, 3.05) is 13.1 Å². The van der Waals surface area contributed by atoms with Crippen molar-refractivity contribution in [1.29, 1.82) is 0 Å². The van der Waals surface area contributed by atoms with Gasteiger partial charge in [-0.1, -0.05) is 18.2 Å². The predicted molar refractivity (Wildman–Crippen MR) is 89.3 cm³/mol. The molecule has 1 aromatic heterocycles. The van der Waals surface area contributed by atoms with E-state index in [9.17, 15) is 4.79 Å². The molecule has 4 rings (SSSR count). The first-order valence-corrected chi connectivity index (χ1v) is 8.67. The molecule has 1 fully saturated rings. The molecule has 4 nitrogen and oxygen atoms in total. The van der Waals surface area contributed by atoms with Gasteiger partial charge in [0.1, 0.15) is 0 Å². The maximum absolute atomic E-state index is 12.7. The first kappa shape index (κ1) is 14.5. The molecule has 2 aliphatic rings. The lowest BCUT2D eigenvalue weighted by atomic mass is 9.94. The normalized spacial score (nSPS) is 20.5. The number of aryl methyl sites for hydroxylation is 2. The first-order chi connectivity index (χ1) is 11.3. The van der Waals surface area contributed by atoms with Crippen LogP contribution >= 0.6 is 0 Å². The van der Waals surface area contributed by atoms with E-state index in [0.29, 0.717) is 12.3 Å². The summed E-state index contributed by atoms with van der Waals surface area (Å²) in [5.41, 5.74) is 5.24. The van der Waals surface area contributed by atoms with Gasteiger partial charge in [-0.3, -0.25) is 9.89 Å². The van der Waals surface area contributed by atoms with Gasteiger partial charge in [-0.25, -0.2) is 0 Å². The van der Waals surface area contributed by atoms with Crippen LogP contribution in [0.4, 0.5) is 0 Å². The Hall–Kier alpha value is -2.10. The van der Waals surface area contributed by atoms with Gasteiger partial charge in [0.25, 0.3) is 0 Å². The summed E-state index contributed by atoms with van der Waals surface area (Å²) in [6, 6.07) is 8.63. The third kappa shape index (κ3) is 3.03. The van der Waals surface area contributed by atoms with E-state index in [1.54, 1.807) is 6.20 Å². The van der Waals surface area contributed by atoms with Gasteiger partial charge >= 0.3 is 0 Å². The predicted octanol–water partition coefficient (Wildman–Crippen LogP) is 2.85. The quantitative estimate of drug-likeness (QED) is 0.948. The van der Waals surface area contributed by atoms with Crippen LogP contribution in [0.3, 0.4) is 0 Å². The largest absolute Gasteiger partial charge is 0.342 e. The van der Waals surface area contributed by atoms with Crippen LogP contribution in [0.15, 0.2) is 30.5 Å². The Morgan fingerprint density at radius 1 is 1.22 bits per heavy atom.